The highest BCUT2D eigenvalue weighted by atomic mass is 16.5. The number of amides is 1. The molecule has 0 unspecified atom stereocenters. The van der Waals surface area contributed by atoms with Gasteiger partial charge in [0.15, 0.2) is 23.0 Å². The molecule has 0 fully saturated rings. The van der Waals surface area contributed by atoms with Gasteiger partial charge >= 0.3 is 0 Å². The van der Waals surface area contributed by atoms with Crippen molar-refractivity contribution in [3.63, 3.8) is 0 Å². The van der Waals surface area contributed by atoms with Gasteiger partial charge in [0.2, 0.25) is 11.7 Å². The molecule has 1 heterocycles. The average Bonchev–Trinajstić information content (AvgIpc) is 3.04. The summed E-state index contributed by atoms with van der Waals surface area (Å²) in [5.74, 6) is 1.84. The summed E-state index contributed by atoms with van der Waals surface area (Å²) >= 11 is 0. The van der Waals surface area contributed by atoms with E-state index >= 15 is 0 Å². The number of nitrogens with zero attached hydrogens (tertiary/aromatic N) is 1. The largest absolute Gasteiger partial charge is 0.493 e. The van der Waals surface area contributed by atoms with Crippen molar-refractivity contribution in [1.82, 2.24) is 4.98 Å². The fourth-order valence-corrected chi connectivity index (χ4v) is 2.67. The van der Waals surface area contributed by atoms with E-state index in [1.165, 1.54) is 13.2 Å². The van der Waals surface area contributed by atoms with E-state index in [2.05, 4.69) is 10.3 Å². The highest BCUT2D eigenvalue weighted by Crippen LogP contribution is 2.38. The Morgan fingerprint density at radius 2 is 1.78 bits per heavy atom. The smallest absolute Gasteiger partial charge is 0.248 e. The van der Waals surface area contributed by atoms with Crippen LogP contribution in [0.1, 0.15) is 11.5 Å². The lowest BCUT2D eigenvalue weighted by Crippen LogP contribution is -2.07. The van der Waals surface area contributed by atoms with E-state index < -0.39 is 0 Å². The van der Waals surface area contributed by atoms with Crippen LogP contribution in [0.3, 0.4) is 0 Å². The maximum absolute atomic E-state index is 12.2. The number of fused-ring (bicyclic) bond motifs is 1. The molecule has 0 spiro atoms. The first-order valence-electron chi connectivity index (χ1n) is 8.20. The number of methoxy groups -OCH3 is 3. The second kappa shape index (κ2) is 7.82. The Balaban J connectivity index is 1.77. The maximum atomic E-state index is 12.2. The van der Waals surface area contributed by atoms with E-state index in [1.54, 1.807) is 57.6 Å². The van der Waals surface area contributed by atoms with Crippen LogP contribution in [0, 0.1) is 6.92 Å². The zero-order valence-corrected chi connectivity index (χ0v) is 15.5. The predicted octanol–water partition coefficient (Wildman–Crippen LogP) is 3.81. The molecule has 2 aromatic carbocycles. The van der Waals surface area contributed by atoms with Gasteiger partial charge in [-0.15, -0.1) is 0 Å². The van der Waals surface area contributed by atoms with Crippen LogP contribution in [0.5, 0.6) is 17.2 Å². The van der Waals surface area contributed by atoms with Crippen molar-refractivity contribution in [2.24, 2.45) is 0 Å². The standard InChI is InChI=1S/C20H20N2O5/c1-12-21-15-11-14(6-7-16(15)27-12)22-19(23)8-5-13-9-17(24-2)20(26-4)18(10-13)25-3/h5-11H,1-4H3,(H,22,23)/b8-5+. The second-order valence-corrected chi connectivity index (χ2v) is 5.70. The number of hydrogen-bond acceptors (Lipinski definition) is 6. The first kappa shape index (κ1) is 18.3. The van der Waals surface area contributed by atoms with Crippen LogP contribution in [0.4, 0.5) is 5.69 Å². The summed E-state index contributed by atoms with van der Waals surface area (Å²) in [6.07, 6.45) is 3.09. The van der Waals surface area contributed by atoms with E-state index in [1.807, 2.05) is 0 Å². The summed E-state index contributed by atoms with van der Waals surface area (Å²) in [7, 11) is 4.62. The molecule has 3 rings (SSSR count). The lowest BCUT2D eigenvalue weighted by molar-refractivity contribution is -0.111. The molecule has 27 heavy (non-hydrogen) atoms. The minimum absolute atomic E-state index is 0.275. The molecule has 0 atom stereocenters. The van der Waals surface area contributed by atoms with Crippen LogP contribution in [0.2, 0.25) is 0 Å². The maximum Gasteiger partial charge on any atom is 0.248 e. The Bertz CT molecular complexity index is 982. The minimum Gasteiger partial charge on any atom is -0.493 e. The number of ether oxygens (including phenoxy) is 3. The highest BCUT2D eigenvalue weighted by Gasteiger charge is 2.12. The number of carbonyl (C=O) groups is 1. The second-order valence-electron chi connectivity index (χ2n) is 5.70. The number of rotatable bonds is 6. The Morgan fingerprint density at radius 1 is 1.07 bits per heavy atom. The Kier molecular flexibility index (Phi) is 5.30. The van der Waals surface area contributed by atoms with Crippen molar-refractivity contribution in [1.29, 1.82) is 0 Å². The molecule has 140 valence electrons. The average molecular weight is 368 g/mol. The molecular formula is C20H20N2O5. The van der Waals surface area contributed by atoms with Gasteiger partial charge in [-0.1, -0.05) is 0 Å². The number of carbonyl (C=O) groups excluding carboxylic acids is 1. The van der Waals surface area contributed by atoms with Gasteiger partial charge in [-0.05, 0) is 42.0 Å². The van der Waals surface area contributed by atoms with Crippen LogP contribution in [-0.4, -0.2) is 32.2 Å². The van der Waals surface area contributed by atoms with Crippen LogP contribution in [0.25, 0.3) is 17.2 Å². The van der Waals surface area contributed by atoms with E-state index in [4.69, 9.17) is 18.6 Å². The van der Waals surface area contributed by atoms with Crippen molar-refractivity contribution in [3.05, 3.63) is 47.9 Å². The monoisotopic (exact) mass is 368 g/mol. The number of anilines is 1. The lowest BCUT2D eigenvalue weighted by Gasteiger charge is -2.12. The van der Waals surface area contributed by atoms with Crippen LogP contribution in [-0.2, 0) is 4.79 Å². The Morgan fingerprint density at radius 3 is 2.41 bits per heavy atom. The topological polar surface area (TPSA) is 82.8 Å². The van der Waals surface area contributed by atoms with Gasteiger partial charge in [0.25, 0.3) is 0 Å². The third-order valence-corrected chi connectivity index (χ3v) is 3.88. The predicted molar refractivity (Wildman–Crippen MR) is 103 cm³/mol. The first-order valence-corrected chi connectivity index (χ1v) is 8.20. The number of nitrogens with one attached hydrogen (secondary N) is 1. The molecule has 1 aromatic heterocycles. The summed E-state index contributed by atoms with van der Waals surface area (Å²) in [6, 6.07) is 8.81. The SMILES string of the molecule is COc1cc(/C=C/C(=O)Nc2ccc3oc(C)nc3c2)cc(OC)c1OC. The summed E-state index contributed by atoms with van der Waals surface area (Å²) in [4.78, 5) is 16.5. The van der Waals surface area contributed by atoms with E-state index in [9.17, 15) is 4.79 Å². The van der Waals surface area contributed by atoms with Crippen molar-refractivity contribution in [3.8, 4) is 17.2 Å². The van der Waals surface area contributed by atoms with Gasteiger partial charge in [-0.3, -0.25) is 4.79 Å². The number of benzene rings is 2. The molecule has 0 saturated heterocycles. The normalized spacial score (nSPS) is 11.0. The molecule has 0 radical (unpaired) electrons. The molecule has 1 N–H and O–H groups in total. The Hall–Kier alpha value is -3.48. The van der Waals surface area contributed by atoms with Crippen LogP contribution in [0.15, 0.2) is 40.8 Å². The zero-order chi connectivity index (χ0) is 19.4. The molecule has 7 nitrogen and oxygen atoms in total. The fourth-order valence-electron chi connectivity index (χ4n) is 2.67. The fraction of sp³-hybridized carbons (Fsp3) is 0.200. The number of hydrogen-bond donors (Lipinski definition) is 1. The van der Waals surface area contributed by atoms with Gasteiger partial charge in [-0.25, -0.2) is 4.98 Å². The van der Waals surface area contributed by atoms with Crippen molar-refractivity contribution in [2.75, 3.05) is 26.6 Å². The molecule has 0 aliphatic heterocycles. The zero-order valence-electron chi connectivity index (χ0n) is 15.5. The molecule has 1 amide bonds. The van der Waals surface area contributed by atoms with E-state index in [-0.39, 0.29) is 5.91 Å². The molecule has 0 bridgehead atoms. The first-order chi connectivity index (χ1) is 13.0. The molecule has 0 aliphatic carbocycles. The number of aryl methyl sites for hydroxylation is 1. The van der Waals surface area contributed by atoms with Crippen LogP contribution >= 0.6 is 0 Å². The molecular weight excluding hydrogens is 348 g/mol. The summed E-state index contributed by atoms with van der Waals surface area (Å²) < 4.78 is 21.3. The van der Waals surface area contributed by atoms with Gasteiger partial charge < -0.3 is 23.9 Å². The number of aromatic nitrogens is 1. The van der Waals surface area contributed by atoms with Crippen molar-refractivity contribution >= 4 is 28.8 Å². The molecule has 0 saturated carbocycles. The Labute approximate surface area is 156 Å². The summed E-state index contributed by atoms with van der Waals surface area (Å²) in [5, 5.41) is 2.80. The molecule has 3 aromatic rings. The van der Waals surface area contributed by atoms with Crippen LogP contribution < -0.4 is 19.5 Å². The van der Waals surface area contributed by atoms with Crippen molar-refractivity contribution < 1.29 is 23.4 Å². The van der Waals surface area contributed by atoms with Gasteiger partial charge in [0, 0.05) is 18.7 Å². The van der Waals surface area contributed by atoms with Crippen molar-refractivity contribution in [2.45, 2.75) is 6.92 Å². The summed E-state index contributed by atoms with van der Waals surface area (Å²) in [5.41, 5.74) is 2.75. The quantitative estimate of drug-likeness (QED) is 0.666. The van der Waals surface area contributed by atoms with Gasteiger partial charge in [0.05, 0.1) is 21.3 Å². The molecule has 7 heteroatoms. The third kappa shape index (κ3) is 4.03. The highest BCUT2D eigenvalue weighted by molar-refractivity contribution is 6.02. The number of oxazole rings is 1. The minimum atomic E-state index is -0.275. The van der Waals surface area contributed by atoms with Gasteiger partial charge in [0.1, 0.15) is 5.52 Å². The van der Waals surface area contributed by atoms with Gasteiger partial charge in [-0.2, -0.15) is 0 Å². The lowest BCUT2D eigenvalue weighted by atomic mass is 10.1. The van der Waals surface area contributed by atoms with E-state index in [0.717, 1.165) is 5.56 Å². The third-order valence-electron chi connectivity index (χ3n) is 3.88. The molecule has 0 aliphatic rings. The van der Waals surface area contributed by atoms with E-state index in [0.29, 0.717) is 39.9 Å². The summed E-state index contributed by atoms with van der Waals surface area (Å²) in [6.45, 7) is 1.78.